The molecule has 1 aromatic heterocycles. The minimum absolute atomic E-state index is 0.249. The number of Topliss-reactive ketones (excluding diaryl/α,β-unsaturated/α-hetero) is 1. The lowest BCUT2D eigenvalue weighted by Gasteiger charge is -2.29. The molecule has 0 unspecified atom stereocenters. The van der Waals surface area contributed by atoms with Crippen LogP contribution in [-0.4, -0.2) is 44.2 Å². The molecule has 27 heavy (non-hydrogen) atoms. The van der Waals surface area contributed by atoms with Gasteiger partial charge >= 0.3 is 5.97 Å². The zero-order chi connectivity index (χ0) is 19.4. The van der Waals surface area contributed by atoms with Crippen LogP contribution >= 0.6 is 11.3 Å². The molecule has 0 bridgehead atoms. The summed E-state index contributed by atoms with van der Waals surface area (Å²) < 4.78 is 31.9. The normalized spacial score (nSPS) is 16.2. The third kappa shape index (κ3) is 4.63. The molecule has 6 nitrogen and oxygen atoms in total. The number of ketones is 1. The van der Waals surface area contributed by atoms with Crippen LogP contribution in [0.1, 0.15) is 28.8 Å². The van der Waals surface area contributed by atoms with Crippen molar-refractivity contribution < 1.29 is 22.7 Å². The van der Waals surface area contributed by atoms with Crippen LogP contribution in [0.25, 0.3) is 0 Å². The van der Waals surface area contributed by atoms with Crippen molar-refractivity contribution in [2.24, 2.45) is 5.92 Å². The van der Waals surface area contributed by atoms with Gasteiger partial charge in [0.05, 0.1) is 5.92 Å². The molecule has 1 fully saturated rings. The summed E-state index contributed by atoms with van der Waals surface area (Å²) in [7, 11) is -3.49. The molecule has 8 heteroatoms. The fourth-order valence-corrected chi connectivity index (χ4v) is 5.56. The van der Waals surface area contributed by atoms with E-state index in [9.17, 15) is 18.0 Å². The second kappa shape index (κ2) is 8.33. The fourth-order valence-electron chi connectivity index (χ4n) is 2.95. The summed E-state index contributed by atoms with van der Waals surface area (Å²) in [5.41, 5.74) is 1.55. The highest BCUT2D eigenvalue weighted by Crippen LogP contribution is 2.26. The maximum Gasteiger partial charge on any atom is 0.309 e. The quantitative estimate of drug-likeness (QED) is 0.543. The van der Waals surface area contributed by atoms with E-state index in [-0.39, 0.29) is 31.4 Å². The van der Waals surface area contributed by atoms with Crippen molar-refractivity contribution in [2.75, 3.05) is 19.7 Å². The summed E-state index contributed by atoms with van der Waals surface area (Å²) in [6, 6.07) is 10.4. The lowest BCUT2D eigenvalue weighted by molar-refractivity contribution is -0.148. The summed E-state index contributed by atoms with van der Waals surface area (Å²) in [6.07, 6.45) is 0.782. The van der Waals surface area contributed by atoms with Gasteiger partial charge in [-0.3, -0.25) is 9.59 Å². The number of aryl methyl sites for hydroxylation is 1. The first kappa shape index (κ1) is 19.7. The van der Waals surface area contributed by atoms with Crippen molar-refractivity contribution in [2.45, 2.75) is 24.0 Å². The third-order valence-electron chi connectivity index (χ3n) is 4.60. The van der Waals surface area contributed by atoms with Gasteiger partial charge in [-0.1, -0.05) is 35.9 Å². The minimum atomic E-state index is -3.49. The van der Waals surface area contributed by atoms with E-state index in [1.54, 1.807) is 29.6 Å². The van der Waals surface area contributed by atoms with Crippen molar-refractivity contribution in [3.63, 3.8) is 0 Å². The first-order chi connectivity index (χ1) is 12.9. The van der Waals surface area contributed by atoms with E-state index in [0.717, 1.165) is 5.56 Å². The lowest BCUT2D eigenvalue weighted by Crippen LogP contribution is -2.40. The van der Waals surface area contributed by atoms with Crippen molar-refractivity contribution >= 4 is 33.1 Å². The average molecular weight is 408 g/mol. The molecule has 3 rings (SSSR count). The number of piperidine rings is 1. The van der Waals surface area contributed by atoms with E-state index in [0.29, 0.717) is 22.6 Å². The van der Waals surface area contributed by atoms with Crippen LogP contribution in [-0.2, 0) is 19.6 Å². The molecule has 2 aromatic rings. The maximum atomic E-state index is 12.5. The summed E-state index contributed by atoms with van der Waals surface area (Å²) in [5.74, 6) is -1.07. The molecule has 0 saturated carbocycles. The Bertz CT molecular complexity index is 896. The van der Waals surface area contributed by atoms with Crippen molar-refractivity contribution in [3.8, 4) is 0 Å². The number of sulfonamides is 1. The Labute approximate surface area is 162 Å². The Morgan fingerprint density at radius 1 is 1.15 bits per heavy atom. The summed E-state index contributed by atoms with van der Waals surface area (Å²) in [5, 5.41) is 1.72. The molecule has 0 atom stereocenters. The Hall–Kier alpha value is -2.03. The predicted octanol–water partition coefficient (Wildman–Crippen LogP) is 2.88. The van der Waals surface area contributed by atoms with Gasteiger partial charge in [-0.25, -0.2) is 8.42 Å². The van der Waals surface area contributed by atoms with Gasteiger partial charge in [0.15, 0.2) is 12.4 Å². The number of esters is 1. The number of hydrogen-bond acceptors (Lipinski definition) is 6. The Kier molecular flexibility index (Phi) is 6.08. The van der Waals surface area contributed by atoms with Crippen molar-refractivity contribution in [3.05, 3.63) is 52.9 Å². The zero-order valence-electron chi connectivity index (χ0n) is 15.0. The number of carbonyl (C=O) groups excluding carboxylic acids is 2. The van der Waals surface area contributed by atoms with Crippen molar-refractivity contribution in [1.82, 2.24) is 4.31 Å². The molecule has 2 heterocycles. The Morgan fingerprint density at radius 2 is 1.81 bits per heavy atom. The Morgan fingerprint density at radius 3 is 2.41 bits per heavy atom. The number of thiophene rings is 1. The molecule has 1 aromatic carbocycles. The topological polar surface area (TPSA) is 80.8 Å². The minimum Gasteiger partial charge on any atom is -0.457 e. The van der Waals surface area contributed by atoms with Gasteiger partial charge in [-0.2, -0.15) is 4.31 Å². The number of benzene rings is 1. The van der Waals surface area contributed by atoms with Gasteiger partial charge in [0, 0.05) is 18.7 Å². The maximum absolute atomic E-state index is 12.5. The van der Waals surface area contributed by atoms with Crippen LogP contribution in [0.5, 0.6) is 0 Å². The molecular weight excluding hydrogens is 386 g/mol. The predicted molar refractivity (Wildman–Crippen MR) is 102 cm³/mol. The van der Waals surface area contributed by atoms with E-state index in [4.69, 9.17) is 4.74 Å². The molecule has 0 amide bonds. The molecule has 1 aliphatic rings. The second-order valence-electron chi connectivity index (χ2n) is 6.51. The van der Waals surface area contributed by atoms with E-state index < -0.39 is 16.0 Å². The van der Waals surface area contributed by atoms with Crippen LogP contribution in [0, 0.1) is 12.8 Å². The number of carbonyl (C=O) groups is 2. The van der Waals surface area contributed by atoms with Gasteiger partial charge in [0.25, 0.3) is 10.0 Å². The van der Waals surface area contributed by atoms with E-state index in [2.05, 4.69) is 0 Å². The SMILES string of the molecule is Cc1ccc(C(=O)COC(=O)C2CCN(S(=O)(=O)c3cccs3)CC2)cc1. The highest BCUT2D eigenvalue weighted by atomic mass is 32.2. The summed E-state index contributed by atoms with van der Waals surface area (Å²) >= 11 is 1.18. The molecule has 0 radical (unpaired) electrons. The van der Waals surface area contributed by atoms with Gasteiger partial charge in [0.2, 0.25) is 0 Å². The van der Waals surface area contributed by atoms with Gasteiger partial charge in [-0.15, -0.1) is 11.3 Å². The number of ether oxygens (including phenoxy) is 1. The molecule has 144 valence electrons. The molecule has 0 spiro atoms. The second-order valence-corrected chi connectivity index (χ2v) is 9.62. The largest absolute Gasteiger partial charge is 0.457 e. The molecule has 1 aliphatic heterocycles. The van der Waals surface area contributed by atoms with Crippen LogP contribution in [0.4, 0.5) is 0 Å². The van der Waals surface area contributed by atoms with Gasteiger partial charge < -0.3 is 4.74 Å². The third-order valence-corrected chi connectivity index (χ3v) is 7.87. The summed E-state index contributed by atoms with van der Waals surface area (Å²) in [6.45, 7) is 2.17. The van der Waals surface area contributed by atoms with Crippen molar-refractivity contribution in [1.29, 1.82) is 0 Å². The van der Waals surface area contributed by atoms with Crippen LogP contribution in [0.2, 0.25) is 0 Å². The number of rotatable bonds is 6. The van der Waals surface area contributed by atoms with Gasteiger partial charge in [-0.05, 0) is 31.2 Å². The monoisotopic (exact) mass is 407 g/mol. The van der Waals surface area contributed by atoms with E-state index >= 15 is 0 Å². The first-order valence-corrected chi connectivity index (χ1v) is 11.0. The van der Waals surface area contributed by atoms with Crippen LogP contribution in [0.3, 0.4) is 0 Å². The zero-order valence-corrected chi connectivity index (χ0v) is 16.6. The highest BCUT2D eigenvalue weighted by molar-refractivity contribution is 7.91. The lowest BCUT2D eigenvalue weighted by atomic mass is 9.98. The highest BCUT2D eigenvalue weighted by Gasteiger charge is 2.33. The van der Waals surface area contributed by atoms with Gasteiger partial charge in [0.1, 0.15) is 4.21 Å². The Balaban J connectivity index is 1.50. The molecule has 0 N–H and O–H groups in total. The standard InChI is InChI=1S/C19H21NO5S2/c1-14-4-6-15(7-5-14)17(21)13-25-19(22)16-8-10-20(11-9-16)27(23,24)18-3-2-12-26-18/h2-7,12,16H,8-11,13H2,1H3. The van der Waals surface area contributed by atoms with Crippen LogP contribution < -0.4 is 0 Å². The molecule has 1 saturated heterocycles. The van der Waals surface area contributed by atoms with E-state index in [1.807, 2.05) is 19.1 Å². The average Bonchev–Trinajstić information content (AvgIpc) is 3.22. The fraction of sp³-hybridized carbons (Fsp3) is 0.368. The molecule has 0 aliphatic carbocycles. The van der Waals surface area contributed by atoms with Crippen LogP contribution in [0.15, 0.2) is 46.0 Å². The summed E-state index contributed by atoms with van der Waals surface area (Å²) in [4.78, 5) is 24.3. The number of nitrogens with zero attached hydrogens (tertiary/aromatic N) is 1. The molecular formula is C19H21NO5S2. The number of hydrogen-bond donors (Lipinski definition) is 0. The smallest absolute Gasteiger partial charge is 0.309 e. The van der Waals surface area contributed by atoms with E-state index in [1.165, 1.54) is 15.6 Å². The first-order valence-electron chi connectivity index (χ1n) is 8.68.